The summed E-state index contributed by atoms with van der Waals surface area (Å²) >= 11 is 0. The number of nitrogens with zero attached hydrogens (tertiary/aromatic N) is 1. The van der Waals surface area contributed by atoms with Crippen molar-refractivity contribution in [3.8, 4) is 11.5 Å². The fourth-order valence-corrected chi connectivity index (χ4v) is 3.33. The second-order valence-corrected chi connectivity index (χ2v) is 6.19. The van der Waals surface area contributed by atoms with Gasteiger partial charge in [0.05, 0.1) is 20.3 Å². The molecule has 0 N–H and O–H groups in total. The van der Waals surface area contributed by atoms with E-state index in [1.807, 2.05) is 23.1 Å². The topological polar surface area (TPSA) is 38.8 Å². The van der Waals surface area contributed by atoms with Crippen LogP contribution in [0.1, 0.15) is 30.0 Å². The molecule has 0 aromatic heterocycles. The van der Waals surface area contributed by atoms with Gasteiger partial charge in [0.1, 0.15) is 17.3 Å². The number of benzene rings is 2. The highest BCUT2D eigenvalue weighted by Gasteiger charge is 2.31. The van der Waals surface area contributed by atoms with Gasteiger partial charge in [-0.15, -0.1) is 0 Å². The molecule has 0 radical (unpaired) electrons. The van der Waals surface area contributed by atoms with Gasteiger partial charge in [0.2, 0.25) is 5.91 Å². The summed E-state index contributed by atoms with van der Waals surface area (Å²) in [6, 6.07) is 11.7. The number of amides is 1. The number of hydrogen-bond donors (Lipinski definition) is 0. The van der Waals surface area contributed by atoms with E-state index in [2.05, 4.69) is 0 Å². The molecule has 0 saturated carbocycles. The third kappa shape index (κ3) is 3.87. The number of halogens is 1. The van der Waals surface area contributed by atoms with Crippen LogP contribution in [0, 0.1) is 5.82 Å². The first-order valence-corrected chi connectivity index (χ1v) is 8.58. The Hall–Kier alpha value is -2.82. The fourth-order valence-electron chi connectivity index (χ4n) is 3.33. The van der Waals surface area contributed by atoms with Crippen LogP contribution in [0.2, 0.25) is 0 Å². The highest BCUT2D eigenvalue weighted by atomic mass is 19.1. The lowest BCUT2D eigenvalue weighted by atomic mass is 10.0. The highest BCUT2D eigenvalue weighted by Crippen LogP contribution is 2.39. The molecule has 2 aromatic carbocycles. The van der Waals surface area contributed by atoms with E-state index in [0.717, 1.165) is 29.9 Å². The second kappa shape index (κ2) is 8.04. The number of rotatable bonds is 5. The molecular weight excluding hydrogens is 333 g/mol. The lowest BCUT2D eigenvalue weighted by Gasteiger charge is -2.25. The standard InChI is InChI=1S/C21H22FNO3/c1-25-17-9-10-20(26-2)18(14-17)19-7-4-12-23(19)21(24)11-8-15-5-3-6-16(22)13-15/h3,5-6,8-11,13-14,19H,4,7,12H2,1-2H3/b11-8+/t19-/m1/s1. The van der Waals surface area contributed by atoms with Crippen LogP contribution in [0.4, 0.5) is 4.39 Å². The molecule has 0 unspecified atom stereocenters. The Morgan fingerprint density at radius 1 is 1.19 bits per heavy atom. The Labute approximate surface area is 152 Å². The molecule has 0 bridgehead atoms. The maximum absolute atomic E-state index is 13.3. The predicted molar refractivity (Wildman–Crippen MR) is 98.7 cm³/mol. The molecular formula is C21H22FNO3. The molecule has 1 saturated heterocycles. The van der Waals surface area contributed by atoms with Crippen molar-refractivity contribution < 1.29 is 18.7 Å². The van der Waals surface area contributed by atoms with Crippen LogP contribution in [0.15, 0.2) is 48.5 Å². The SMILES string of the molecule is COc1ccc(OC)c([C@H]2CCCN2C(=O)/C=C/c2cccc(F)c2)c1. The summed E-state index contributed by atoms with van der Waals surface area (Å²) in [5.74, 6) is 1.06. The van der Waals surface area contributed by atoms with E-state index in [9.17, 15) is 9.18 Å². The summed E-state index contributed by atoms with van der Waals surface area (Å²) in [7, 11) is 3.24. The van der Waals surface area contributed by atoms with Crippen molar-refractivity contribution in [1.82, 2.24) is 4.90 Å². The van der Waals surface area contributed by atoms with Gasteiger partial charge in [-0.3, -0.25) is 4.79 Å². The summed E-state index contributed by atoms with van der Waals surface area (Å²) < 4.78 is 24.1. The van der Waals surface area contributed by atoms with Crippen LogP contribution in [0.25, 0.3) is 6.08 Å². The maximum atomic E-state index is 13.3. The Morgan fingerprint density at radius 3 is 2.77 bits per heavy atom. The summed E-state index contributed by atoms with van der Waals surface area (Å²) in [5, 5.41) is 0. The van der Waals surface area contributed by atoms with E-state index in [4.69, 9.17) is 9.47 Å². The van der Waals surface area contributed by atoms with Gasteiger partial charge in [-0.25, -0.2) is 4.39 Å². The predicted octanol–water partition coefficient (Wildman–Crippen LogP) is 4.22. The van der Waals surface area contributed by atoms with Gasteiger partial charge >= 0.3 is 0 Å². The average Bonchev–Trinajstić information content (AvgIpc) is 3.15. The molecule has 1 heterocycles. The molecule has 5 heteroatoms. The number of likely N-dealkylation sites (tertiary alicyclic amines) is 1. The second-order valence-electron chi connectivity index (χ2n) is 6.19. The van der Waals surface area contributed by atoms with Crippen LogP contribution in [-0.2, 0) is 4.79 Å². The summed E-state index contributed by atoms with van der Waals surface area (Å²) in [6.07, 6.45) is 4.93. The van der Waals surface area contributed by atoms with Crippen molar-refractivity contribution in [3.05, 3.63) is 65.5 Å². The Kier molecular flexibility index (Phi) is 5.56. The fraction of sp³-hybridized carbons (Fsp3) is 0.286. The largest absolute Gasteiger partial charge is 0.497 e. The Balaban J connectivity index is 1.83. The lowest BCUT2D eigenvalue weighted by molar-refractivity contribution is -0.126. The quantitative estimate of drug-likeness (QED) is 0.754. The lowest BCUT2D eigenvalue weighted by Crippen LogP contribution is -2.29. The minimum atomic E-state index is -0.320. The molecule has 0 spiro atoms. The van der Waals surface area contributed by atoms with Crippen LogP contribution >= 0.6 is 0 Å². The van der Waals surface area contributed by atoms with E-state index in [-0.39, 0.29) is 17.8 Å². The highest BCUT2D eigenvalue weighted by molar-refractivity contribution is 5.92. The van der Waals surface area contributed by atoms with Crippen molar-refractivity contribution in [2.45, 2.75) is 18.9 Å². The molecule has 2 aromatic rings. The smallest absolute Gasteiger partial charge is 0.247 e. The number of carbonyl (C=O) groups is 1. The Bertz CT molecular complexity index is 819. The van der Waals surface area contributed by atoms with Crippen LogP contribution < -0.4 is 9.47 Å². The summed E-state index contributed by atoms with van der Waals surface area (Å²) in [4.78, 5) is 14.5. The first-order valence-electron chi connectivity index (χ1n) is 8.58. The van der Waals surface area contributed by atoms with Crippen molar-refractivity contribution in [1.29, 1.82) is 0 Å². The van der Waals surface area contributed by atoms with Gasteiger partial charge in [0.15, 0.2) is 0 Å². The zero-order valence-electron chi connectivity index (χ0n) is 14.9. The molecule has 1 aliphatic heterocycles. The van der Waals surface area contributed by atoms with Gasteiger partial charge < -0.3 is 14.4 Å². The first kappa shape index (κ1) is 18.0. The zero-order chi connectivity index (χ0) is 18.5. The third-order valence-corrected chi connectivity index (χ3v) is 4.60. The van der Waals surface area contributed by atoms with E-state index in [1.165, 1.54) is 18.2 Å². The van der Waals surface area contributed by atoms with E-state index >= 15 is 0 Å². The molecule has 4 nitrogen and oxygen atoms in total. The van der Waals surface area contributed by atoms with Crippen LogP contribution in [0.3, 0.4) is 0 Å². The van der Waals surface area contributed by atoms with Crippen molar-refractivity contribution in [2.75, 3.05) is 20.8 Å². The summed E-state index contributed by atoms with van der Waals surface area (Å²) in [6.45, 7) is 0.678. The molecule has 1 fully saturated rings. The number of ether oxygens (including phenoxy) is 2. The molecule has 26 heavy (non-hydrogen) atoms. The van der Waals surface area contributed by atoms with E-state index in [0.29, 0.717) is 12.1 Å². The molecule has 1 atom stereocenters. The van der Waals surface area contributed by atoms with Gasteiger partial charge in [0, 0.05) is 18.2 Å². The molecule has 0 aliphatic carbocycles. The molecule has 136 valence electrons. The van der Waals surface area contributed by atoms with Crippen LogP contribution in [-0.4, -0.2) is 31.6 Å². The molecule has 1 amide bonds. The molecule has 3 rings (SSSR count). The van der Waals surface area contributed by atoms with Crippen molar-refractivity contribution in [2.24, 2.45) is 0 Å². The zero-order valence-corrected chi connectivity index (χ0v) is 14.9. The van der Waals surface area contributed by atoms with Gasteiger partial charge in [-0.1, -0.05) is 12.1 Å². The third-order valence-electron chi connectivity index (χ3n) is 4.60. The normalized spacial score (nSPS) is 16.9. The molecule has 1 aliphatic rings. The monoisotopic (exact) mass is 355 g/mol. The summed E-state index contributed by atoms with van der Waals surface area (Å²) in [5.41, 5.74) is 1.60. The minimum Gasteiger partial charge on any atom is -0.497 e. The number of carbonyl (C=O) groups excluding carboxylic acids is 1. The Morgan fingerprint density at radius 2 is 2.04 bits per heavy atom. The first-order chi connectivity index (χ1) is 12.6. The van der Waals surface area contributed by atoms with Crippen molar-refractivity contribution in [3.63, 3.8) is 0 Å². The van der Waals surface area contributed by atoms with Gasteiger partial charge in [0.25, 0.3) is 0 Å². The minimum absolute atomic E-state index is 0.0651. The maximum Gasteiger partial charge on any atom is 0.247 e. The van der Waals surface area contributed by atoms with Crippen LogP contribution in [0.5, 0.6) is 11.5 Å². The average molecular weight is 355 g/mol. The number of hydrogen-bond acceptors (Lipinski definition) is 3. The van der Waals surface area contributed by atoms with Gasteiger partial charge in [-0.05, 0) is 54.8 Å². The van der Waals surface area contributed by atoms with Gasteiger partial charge in [-0.2, -0.15) is 0 Å². The van der Waals surface area contributed by atoms with E-state index < -0.39 is 0 Å². The number of methoxy groups -OCH3 is 2. The van der Waals surface area contributed by atoms with E-state index in [1.54, 1.807) is 32.4 Å². The van der Waals surface area contributed by atoms with Crippen molar-refractivity contribution >= 4 is 12.0 Å².